The minimum atomic E-state index is -0.177. The molecule has 5 nitrogen and oxygen atoms in total. The number of hydrogen-bond donors (Lipinski definition) is 2. The van der Waals surface area contributed by atoms with Crippen molar-refractivity contribution in [1.82, 2.24) is 15.2 Å². The van der Waals surface area contributed by atoms with E-state index in [2.05, 4.69) is 22.2 Å². The molecule has 2 bridgehead atoms. The molecule has 0 saturated carbocycles. The van der Waals surface area contributed by atoms with Gasteiger partial charge < -0.3 is 19.9 Å². The molecular weight excluding hydrogens is 421 g/mol. The number of H-pyrrole nitrogens is 1. The zero-order valence-electron chi connectivity index (χ0n) is 17.3. The number of piperidine rings is 1. The highest BCUT2D eigenvalue weighted by atomic mass is 35.5. The number of aromatic amines is 1. The topological polar surface area (TPSA) is 57.4 Å². The summed E-state index contributed by atoms with van der Waals surface area (Å²) < 4.78 is 5.30. The maximum atomic E-state index is 12.5. The van der Waals surface area contributed by atoms with E-state index in [0.29, 0.717) is 40.4 Å². The van der Waals surface area contributed by atoms with Gasteiger partial charge in [-0.2, -0.15) is 0 Å². The molecule has 3 heterocycles. The van der Waals surface area contributed by atoms with E-state index in [1.54, 1.807) is 18.2 Å². The number of nitrogens with zero attached hydrogens (tertiary/aromatic N) is 1. The molecule has 2 unspecified atom stereocenters. The lowest BCUT2D eigenvalue weighted by Crippen LogP contribution is -2.43. The van der Waals surface area contributed by atoms with Gasteiger partial charge in [0.2, 0.25) is 0 Å². The van der Waals surface area contributed by atoms with Crippen molar-refractivity contribution in [3.05, 3.63) is 51.8 Å². The lowest BCUT2D eigenvalue weighted by atomic mass is 9.91. The molecule has 2 fully saturated rings. The fourth-order valence-electron chi connectivity index (χ4n) is 4.73. The third-order valence-corrected chi connectivity index (χ3v) is 7.12. The minimum Gasteiger partial charge on any atom is -0.491 e. The van der Waals surface area contributed by atoms with Gasteiger partial charge in [0.1, 0.15) is 0 Å². The number of rotatable bonds is 6. The first-order valence-corrected chi connectivity index (χ1v) is 11.1. The van der Waals surface area contributed by atoms with Gasteiger partial charge in [0.05, 0.1) is 17.2 Å². The standard InChI is InChI=1S/C23H27Cl2N3O2/c1-28-17-6-7-18(28)9-14(8-17)13-26-23(29)22(30-2)5-3-4-16-10-15-11-19(24)20(25)12-21(15)27-16/h3-5,10-12,14,17-18,27H,6-9,13H2,1-2H3,(H,26,29)/b4-3+,22-5-. The Kier molecular flexibility index (Phi) is 6.42. The molecule has 2 saturated heterocycles. The summed E-state index contributed by atoms with van der Waals surface area (Å²) in [5.41, 5.74) is 1.79. The van der Waals surface area contributed by atoms with Crippen LogP contribution in [0.5, 0.6) is 0 Å². The van der Waals surface area contributed by atoms with Crippen LogP contribution in [0.25, 0.3) is 17.0 Å². The Bertz CT molecular complexity index is 945. The fraction of sp³-hybridized carbons (Fsp3) is 0.435. The molecule has 4 rings (SSSR count). The van der Waals surface area contributed by atoms with Crippen LogP contribution in [-0.2, 0) is 9.53 Å². The molecule has 7 heteroatoms. The average Bonchev–Trinajstić information content (AvgIpc) is 3.17. The summed E-state index contributed by atoms with van der Waals surface area (Å²) in [4.78, 5) is 18.3. The lowest BCUT2D eigenvalue weighted by molar-refractivity contribution is -0.120. The summed E-state index contributed by atoms with van der Waals surface area (Å²) in [6.45, 7) is 0.702. The third-order valence-electron chi connectivity index (χ3n) is 6.40. The number of methoxy groups -OCH3 is 1. The number of ether oxygens (including phenoxy) is 1. The maximum Gasteiger partial charge on any atom is 0.286 e. The first kappa shape index (κ1) is 21.3. The third kappa shape index (κ3) is 4.53. The van der Waals surface area contributed by atoms with Crippen LogP contribution in [0.1, 0.15) is 31.4 Å². The highest BCUT2D eigenvalue weighted by Gasteiger charge is 2.38. The van der Waals surface area contributed by atoms with E-state index in [0.717, 1.165) is 29.4 Å². The van der Waals surface area contributed by atoms with Crippen LogP contribution < -0.4 is 5.32 Å². The summed E-state index contributed by atoms with van der Waals surface area (Å²) in [7, 11) is 3.74. The van der Waals surface area contributed by atoms with Gasteiger partial charge in [-0.1, -0.05) is 29.3 Å². The molecule has 0 spiro atoms. The van der Waals surface area contributed by atoms with Crippen LogP contribution in [0.2, 0.25) is 10.0 Å². The Hall–Kier alpha value is -1.95. The Morgan fingerprint density at radius 1 is 1.23 bits per heavy atom. The van der Waals surface area contributed by atoms with Gasteiger partial charge in [0, 0.05) is 35.2 Å². The number of amides is 1. The van der Waals surface area contributed by atoms with Crippen molar-refractivity contribution in [1.29, 1.82) is 0 Å². The fourth-order valence-corrected chi connectivity index (χ4v) is 5.07. The van der Waals surface area contributed by atoms with Crippen LogP contribution in [-0.4, -0.2) is 48.6 Å². The molecule has 160 valence electrons. The van der Waals surface area contributed by atoms with Gasteiger partial charge in [-0.3, -0.25) is 4.79 Å². The second kappa shape index (κ2) is 9.04. The Morgan fingerprint density at radius 3 is 2.63 bits per heavy atom. The van der Waals surface area contributed by atoms with Crippen LogP contribution in [0, 0.1) is 5.92 Å². The highest BCUT2D eigenvalue weighted by Crippen LogP contribution is 2.37. The van der Waals surface area contributed by atoms with Crippen LogP contribution in [0.15, 0.2) is 36.1 Å². The van der Waals surface area contributed by atoms with E-state index in [-0.39, 0.29) is 5.91 Å². The minimum absolute atomic E-state index is 0.177. The Balaban J connectivity index is 1.35. The molecule has 1 amide bonds. The second-order valence-electron chi connectivity index (χ2n) is 8.27. The van der Waals surface area contributed by atoms with Crippen molar-refractivity contribution < 1.29 is 9.53 Å². The predicted molar refractivity (Wildman–Crippen MR) is 123 cm³/mol. The number of carbonyl (C=O) groups is 1. The van der Waals surface area contributed by atoms with Crippen molar-refractivity contribution in [3.63, 3.8) is 0 Å². The van der Waals surface area contributed by atoms with E-state index >= 15 is 0 Å². The first-order valence-electron chi connectivity index (χ1n) is 10.3. The maximum absolute atomic E-state index is 12.5. The van der Waals surface area contributed by atoms with Crippen molar-refractivity contribution >= 4 is 46.1 Å². The van der Waals surface area contributed by atoms with Gasteiger partial charge in [0.15, 0.2) is 5.76 Å². The molecule has 1 aromatic heterocycles. The van der Waals surface area contributed by atoms with E-state index in [4.69, 9.17) is 27.9 Å². The van der Waals surface area contributed by atoms with Crippen molar-refractivity contribution in [2.24, 2.45) is 5.92 Å². The predicted octanol–water partition coefficient (Wildman–Crippen LogP) is 5.01. The number of fused-ring (bicyclic) bond motifs is 3. The molecule has 1 aromatic carbocycles. The van der Waals surface area contributed by atoms with Gasteiger partial charge in [0.25, 0.3) is 5.91 Å². The second-order valence-corrected chi connectivity index (χ2v) is 9.08. The zero-order chi connectivity index (χ0) is 21.3. The van der Waals surface area contributed by atoms with E-state index in [1.165, 1.54) is 20.0 Å². The molecule has 2 aliphatic heterocycles. The van der Waals surface area contributed by atoms with Gasteiger partial charge in [-0.25, -0.2) is 0 Å². The summed E-state index contributed by atoms with van der Waals surface area (Å²) in [5, 5.41) is 5.06. The molecule has 2 aromatic rings. The number of hydrogen-bond acceptors (Lipinski definition) is 3. The van der Waals surface area contributed by atoms with Crippen LogP contribution >= 0.6 is 23.2 Å². The molecule has 2 atom stereocenters. The molecule has 30 heavy (non-hydrogen) atoms. The Morgan fingerprint density at radius 2 is 1.93 bits per heavy atom. The highest BCUT2D eigenvalue weighted by molar-refractivity contribution is 6.42. The summed E-state index contributed by atoms with van der Waals surface area (Å²) >= 11 is 12.1. The van der Waals surface area contributed by atoms with Crippen molar-refractivity contribution in [3.8, 4) is 0 Å². The molecule has 0 aliphatic carbocycles. The summed E-state index contributed by atoms with van der Waals surface area (Å²) in [6.07, 6.45) is 10.2. The van der Waals surface area contributed by atoms with Crippen LogP contribution in [0.4, 0.5) is 0 Å². The molecule has 2 aliphatic rings. The number of allylic oxidation sites excluding steroid dienone is 2. The normalized spacial score (nSPS) is 24.7. The average molecular weight is 448 g/mol. The number of carbonyl (C=O) groups excluding carboxylic acids is 1. The monoisotopic (exact) mass is 447 g/mol. The van der Waals surface area contributed by atoms with E-state index in [9.17, 15) is 4.79 Å². The van der Waals surface area contributed by atoms with Crippen LogP contribution in [0.3, 0.4) is 0 Å². The number of nitrogens with one attached hydrogen (secondary N) is 2. The van der Waals surface area contributed by atoms with E-state index in [1.807, 2.05) is 18.2 Å². The SMILES string of the molecule is CO/C(=C\C=C\c1cc2cc(Cl)c(Cl)cc2[nH]1)C(=O)NCC1CC2CCC(C1)N2C. The van der Waals surface area contributed by atoms with Crippen molar-refractivity contribution in [2.75, 3.05) is 20.7 Å². The summed E-state index contributed by atoms with van der Waals surface area (Å²) in [6, 6.07) is 6.95. The molecular formula is C23H27Cl2N3O2. The quantitative estimate of drug-likeness (QED) is 0.371. The van der Waals surface area contributed by atoms with Gasteiger partial charge in [-0.15, -0.1) is 0 Å². The van der Waals surface area contributed by atoms with Gasteiger partial charge >= 0.3 is 0 Å². The molecule has 0 radical (unpaired) electrons. The first-order chi connectivity index (χ1) is 14.4. The Labute approximate surface area is 187 Å². The zero-order valence-corrected chi connectivity index (χ0v) is 18.8. The van der Waals surface area contributed by atoms with E-state index < -0.39 is 0 Å². The number of halogens is 2. The van der Waals surface area contributed by atoms with Gasteiger partial charge in [-0.05, 0) is 69.0 Å². The van der Waals surface area contributed by atoms with Crippen molar-refractivity contribution in [2.45, 2.75) is 37.8 Å². The molecule has 2 N–H and O–H groups in total. The summed E-state index contributed by atoms with van der Waals surface area (Å²) in [5.74, 6) is 0.661. The lowest BCUT2D eigenvalue weighted by Gasteiger charge is -2.36. The number of aromatic nitrogens is 1. The smallest absolute Gasteiger partial charge is 0.286 e. The number of benzene rings is 1. The largest absolute Gasteiger partial charge is 0.491 e.